The first-order chi connectivity index (χ1) is 38.6. The maximum atomic E-state index is 14.7. The molecule has 438 valence electrons. The summed E-state index contributed by atoms with van der Waals surface area (Å²) in [5.41, 5.74) is 3.10. The molecule has 0 amide bonds. The van der Waals surface area contributed by atoms with Gasteiger partial charge in [-0.25, -0.2) is 14.3 Å². The van der Waals surface area contributed by atoms with E-state index in [9.17, 15) is 38.9 Å². The van der Waals surface area contributed by atoms with Crippen LogP contribution < -0.4 is 26.8 Å². The number of unbranched alkanes of at least 4 members (excludes halogenated alkanes) is 4. The number of aromatic amines is 1. The Bertz CT molecular complexity index is 2910. The van der Waals surface area contributed by atoms with Crippen LogP contribution in [-0.2, 0) is 45.9 Å². The lowest BCUT2D eigenvalue weighted by Gasteiger charge is -2.59. The van der Waals surface area contributed by atoms with Crippen LogP contribution in [0.1, 0.15) is 143 Å². The number of phosphoric ester groups is 1. The minimum absolute atomic E-state index is 0. The Balaban J connectivity index is 0.00000792. The normalized spacial score (nSPS) is 28.2. The van der Waals surface area contributed by atoms with Gasteiger partial charge in [0.05, 0.1) is 42.3 Å². The van der Waals surface area contributed by atoms with Gasteiger partial charge in [-0.1, -0.05) is 94.0 Å². The van der Waals surface area contributed by atoms with E-state index in [1.54, 1.807) is 60.9 Å². The maximum Gasteiger partial charge on any atom is 0.524 e. The molecule has 5 fully saturated rings. The number of rotatable bonds is 25. The highest BCUT2D eigenvalue weighted by Gasteiger charge is 2.71. The number of phosphoric acid groups is 1. The first-order valence-electron chi connectivity index (χ1n) is 29.3. The van der Waals surface area contributed by atoms with E-state index < -0.39 is 61.7 Å². The first-order valence-corrected chi connectivity index (χ1v) is 30.8. The highest BCUT2D eigenvalue weighted by atomic mass is 35.5. The number of hydrogen-bond donors (Lipinski definition) is 6. The lowest BCUT2D eigenvalue weighted by Crippen LogP contribution is -3.00. The molecule has 6 N–H and O–H groups in total. The molecule has 0 radical (unpaired) electrons. The minimum atomic E-state index is -4.94. The van der Waals surface area contributed by atoms with E-state index in [1.807, 2.05) is 16.7 Å². The highest BCUT2D eigenvalue weighted by Crippen LogP contribution is 2.68. The van der Waals surface area contributed by atoms with Crippen molar-refractivity contribution >= 4 is 25.4 Å². The molecule has 5 aliphatic carbocycles. The molecule has 4 aromatic rings. The van der Waals surface area contributed by atoms with Gasteiger partial charge in [-0.05, 0) is 148 Å². The summed E-state index contributed by atoms with van der Waals surface area (Å²) in [6.45, 7) is 6.30. The molecular weight excluding hydrogens is 1070 g/mol. The van der Waals surface area contributed by atoms with Gasteiger partial charge in [-0.3, -0.25) is 19.4 Å². The number of halogens is 1. The molecule has 16 nitrogen and oxygen atoms in total. The number of aliphatic hydroxyl groups excluding tert-OH is 2. The van der Waals surface area contributed by atoms with Crippen LogP contribution in [0.25, 0.3) is 5.69 Å². The van der Waals surface area contributed by atoms with E-state index in [0.29, 0.717) is 29.1 Å². The summed E-state index contributed by atoms with van der Waals surface area (Å²) in [6, 6.07) is 22.0. The summed E-state index contributed by atoms with van der Waals surface area (Å²) < 4.78 is 44.5. The number of aryl methyl sites for hydroxylation is 1. The molecule has 1 saturated heterocycles. The smallest absolute Gasteiger partial charge is 0.524 e. The van der Waals surface area contributed by atoms with Crippen LogP contribution in [0.5, 0.6) is 5.75 Å². The van der Waals surface area contributed by atoms with Crippen molar-refractivity contribution in [1.29, 1.82) is 0 Å². The topological polar surface area (TPSA) is 227 Å². The van der Waals surface area contributed by atoms with E-state index in [-0.39, 0.29) is 78.0 Å². The number of nitrogens with zero attached hydrogens (tertiary/aromatic N) is 1. The molecule has 18 heteroatoms. The van der Waals surface area contributed by atoms with Gasteiger partial charge in [-0.15, -0.1) is 0 Å². The van der Waals surface area contributed by atoms with Crippen molar-refractivity contribution in [3.05, 3.63) is 137 Å². The largest absolute Gasteiger partial charge is 1.00 e. The van der Waals surface area contributed by atoms with Crippen molar-refractivity contribution in [2.45, 2.75) is 147 Å². The number of hydrogen-bond acceptors (Lipinski definition) is 12. The quantitative estimate of drug-likeness (QED) is 0.0191. The monoisotopic (exact) mass is 1150 g/mol. The Hall–Kier alpha value is -4.84. The van der Waals surface area contributed by atoms with Gasteiger partial charge in [-0.2, -0.15) is 4.57 Å². The molecule has 0 bridgehead atoms. The number of aliphatic hydroxyl groups is 2. The Labute approximate surface area is 482 Å². The van der Waals surface area contributed by atoms with Crippen molar-refractivity contribution in [3.63, 3.8) is 0 Å². The number of nitrogens with one attached hydrogen (secondary N) is 2. The third kappa shape index (κ3) is 13.9. The number of imidazole rings is 1. The Morgan fingerprint density at radius 1 is 0.901 bits per heavy atom. The average molecular weight is 1150 g/mol. The van der Waals surface area contributed by atoms with Crippen LogP contribution in [0.2, 0.25) is 0 Å². The maximum absolute atomic E-state index is 14.7. The lowest BCUT2D eigenvalue weighted by atomic mass is 9.46. The average Bonchev–Trinajstić information content (AvgIpc) is 4.36. The summed E-state index contributed by atoms with van der Waals surface area (Å²) in [5.74, 6) is -1.05. The van der Waals surface area contributed by atoms with Crippen LogP contribution in [0.3, 0.4) is 0 Å². The second-order valence-corrected chi connectivity index (χ2v) is 25.0. The van der Waals surface area contributed by atoms with Crippen LogP contribution in [0, 0.1) is 40.4 Å². The molecule has 1 aliphatic heterocycles. The molecule has 2 heterocycles. The number of carbonyl (C=O) groups is 3. The predicted octanol–water partition coefficient (Wildman–Crippen LogP) is 6.11. The third-order valence-corrected chi connectivity index (χ3v) is 19.0. The summed E-state index contributed by atoms with van der Waals surface area (Å²) in [7, 11) is -4.94. The molecule has 6 unspecified atom stereocenters. The molecule has 4 saturated carbocycles. The van der Waals surface area contributed by atoms with Gasteiger partial charge in [0.2, 0.25) is 0 Å². The summed E-state index contributed by atoms with van der Waals surface area (Å²) in [4.78, 5) is 63.8. The van der Waals surface area contributed by atoms with Crippen molar-refractivity contribution in [1.82, 2.24) is 10.3 Å². The molecule has 3 aromatic carbocycles. The van der Waals surface area contributed by atoms with Crippen molar-refractivity contribution in [3.8, 4) is 11.4 Å². The number of ether oxygens (including phenoxy) is 4. The highest BCUT2D eigenvalue weighted by molar-refractivity contribution is 7.46. The van der Waals surface area contributed by atoms with E-state index >= 15 is 0 Å². The molecule has 11 atom stereocenters. The van der Waals surface area contributed by atoms with Gasteiger partial charge in [0.15, 0.2) is 24.5 Å². The van der Waals surface area contributed by atoms with E-state index in [2.05, 4.69) is 48.4 Å². The zero-order valence-corrected chi connectivity index (χ0v) is 48.3. The lowest BCUT2D eigenvalue weighted by molar-refractivity contribution is -0.602. The molecule has 81 heavy (non-hydrogen) atoms. The van der Waals surface area contributed by atoms with Crippen LogP contribution in [-0.4, -0.2) is 100 Å². The second kappa shape index (κ2) is 26.8. The van der Waals surface area contributed by atoms with Crippen molar-refractivity contribution in [2.75, 3.05) is 32.9 Å². The number of aromatic nitrogens is 2. The zero-order valence-electron chi connectivity index (χ0n) is 46.7. The summed E-state index contributed by atoms with van der Waals surface area (Å²) in [6.07, 6.45) is 20.5. The number of allylic oxidation sites excluding steroid dienone is 4. The molecular formula is C63H81ClN3O13P. The van der Waals surface area contributed by atoms with Gasteiger partial charge < -0.3 is 51.4 Å². The number of Topliss-reactive ketones (excluding diaryl/α,β-unsaturated/α-hetero) is 1. The zero-order chi connectivity index (χ0) is 56.0. The Kier molecular flexibility index (Phi) is 20.1. The molecule has 6 aliphatic rings. The number of benzene rings is 3. The Morgan fingerprint density at radius 3 is 2.41 bits per heavy atom. The van der Waals surface area contributed by atoms with Gasteiger partial charge in [0.25, 0.3) is 5.82 Å². The van der Waals surface area contributed by atoms with Gasteiger partial charge in [0.1, 0.15) is 23.8 Å². The number of carbonyl (C=O) groups excluding carboxylic acids is 3. The summed E-state index contributed by atoms with van der Waals surface area (Å²) >= 11 is 0. The SMILES string of the molecule is C[C@]12C=CC(=O)C=C1CCC1C2[C@@H](O)C[C@@]2(C)C1C1O[C@@H](C3CCCCC3)OC1[C@@H]2C(=O)COC(=O)c1ccc(-[n+]2cc[nH]c2Cc2cc(C(O)CNCCCCCCOCCCCc3ccccc3)ccc2OP(=O)(O)O)cc1.[Cl-]. The van der Waals surface area contributed by atoms with Gasteiger partial charge >= 0.3 is 13.8 Å². The summed E-state index contributed by atoms with van der Waals surface area (Å²) in [5, 5.41) is 26.7. The van der Waals surface area contributed by atoms with E-state index in [4.69, 9.17) is 23.5 Å². The van der Waals surface area contributed by atoms with Crippen LogP contribution in [0.15, 0.2) is 109 Å². The predicted molar refractivity (Wildman–Crippen MR) is 298 cm³/mol. The fourth-order valence-electron chi connectivity index (χ4n) is 14.8. The number of ketones is 2. The molecule has 1 aromatic heterocycles. The van der Waals surface area contributed by atoms with E-state index in [1.165, 1.54) is 18.1 Å². The van der Waals surface area contributed by atoms with Crippen molar-refractivity contribution in [2.24, 2.45) is 40.4 Å². The number of esters is 1. The third-order valence-electron chi connectivity index (χ3n) is 18.6. The number of H-pyrrole nitrogens is 1. The standard InChI is InChI=1S/C63H80N3O13P.ClH/c1-62-29-28-48(67)37-46(62)23-26-49-55(62)50(68)38-63(2)56(49)58-59(78-61(77-58)43-18-9-6-10-19-43)57(63)52(70)40-76-60(71)42-20-24-47(25-21-42)66-32-31-65-54(66)36-45-35-44(22-27-53(45)79-80(72,73)74)51(69)39-64-30-12-3-4-13-33-75-34-14-11-17-41-15-7-5-8-16-41;/h5,7-8,15-16,20-22,24-25,27-29,31-32,35,37,43,49-51,55-59,61,64,68-69H,3-4,6,9-14,17-19,23,26,30,33-34,36,38-40H2,1-2H3,(H2,72,73,74);1H/t49?,50-,51?,55?,56?,57-,58?,59?,61+,62-,63-;/m0./s1. The number of fused-ring (bicyclic) bond motifs is 7. The minimum Gasteiger partial charge on any atom is -1.00 e. The van der Waals surface area contributed by atoms with Crippen LogP contribution in [0.4, 0.5) is 0 Å². The first kappa shape index (κ1) is 60.7. The van der Waals surface area contributed by atoms with Crippen molar-refractivity contribution < 1.29 is 79.4 Å². The van der Waals surface area contributed by atoms with Gasteiger partial charge in [0, 0.05) is 42.6 Å². The fraction of sp³-hybridized carbons (Fsp3) is 0.556. The Morgan fingerprint density at radius 2 is 1.64 bits per heavy atom. The fourth-order valence-corrected chi connectivity index (χ4v) is 15.2. The molecule has 10 rings (SSSR count). The van der Waals surface area contributed by atoms with Crippen LogP contribution >= 0.6 is 7.82 Å². The van der Waals surface area contributed by atoms with E-state index in [0.717, 1.165) is 109 Å². The molecule has 0 spiro atoms. The second-order valence-electron chi connectivity index (χ2n) is 23.8.